The Morgan fingerprint density at radius 1 is 1.00 bits per heavy atom. The smallest absolute Gasteiger partial charge is 0.123 e. The number of anilines is 1. The van der Waals surface area contributed by atoms with E-state index in [1.54, 1.807) is 6.26 Å². The predicted octanol–water partition coefficient (Wildman–Crippen LogP) is 4.80. The van der Waals surface area contributed by atoms with E-state index in [1.807, 2.05) is 38.4 Å². The first-order chi connectivity index (χ1) is 12.6. The minimum Gasteiger partial charge on any atom is -0.469 e. The summed E-state index contributed by atoms with van der Waals surface area (Å²) < 4.78 is 18.8. The molecule has 4 heteroatoms. The molecule has 1 atom stereocenters. The molecule has 1 N–H and O–H groups in total. The highest BCUT2D eigenvalue weighted by atomic mass is 19.1. The van der Waals surface area contributed by atoms with E-state index in [1.165, 1.54) is 23.4 Å². The van der Waals surface area contributed by atoms with E-state index in [0.717, 1.165) is 30.8 Å². The number of nitrogens with one attached hydrogen (secondary N) is 1. The lowest BCUT2D eigenvalue weighted by Crippen LogP contribution is -2.18. The van der Waals surface area contributed by atoms with Crippen molar-refractivity contribution in [2.24, 2.45) is 0 Å². The third-order valence-electron chi connectivity index (χ3n) is 4.55. The van der Waals surface area contributed by atoms with Crippen LogP contribution >= 0.6 is 0 Å². The van der Waals surface area contributed by atoms with Crippen LogP contribution in [0, 0.1) is 5.82 Å². The van der Waals surface area contributed by atoms with E-state index in [-0.39, 0.29) is 11.7 Å². The number of hydrogen-bond acceptors (Lipinski definition) is 3. The molecule has 3 rings (SSSR count). The van der Waals surface area contributed by atoms with Crippen molar-refractivity contribution < 1.29 is 8.81 Å². The van der Waals surface area contributed by atoms with Gasteiger partial charge in [-0.2, -0.15) is 0 Å². The second-order valence-electron chi connectivity index (χ2n) is 6.65. The molecule has 136 valence electrons. The zero-order valence-electron chi connectivity index (χ0n) is 15.3. The molecule has 0 saturated heterocycles. The Morgan fingerprint density at radius 3 is 2.35 bits per heavy atom. The zero-order valence-corrected chi connectivity index (χ0v) is 15.3. The summed E-state index contributed by atoms with van der Waals surface area (Å²) in [5.74, 6) is 0.814. The third-order valence-corrected chi connectivity index (χ3v) is 4.55. The summed E-state index contributed by atoms with van der Waals surface area (Å²) in [5, 5.41) is 3.49. The summed E-state index contributed by atoms with van der Waals surface area (Å²) in [5.41, 5.74) is 3.52. The molecule has 0 aliphatic rings. The topological polar surface area (TPSA) is 28.4 Å². The number of furan rings is 1. The van der Waals surface area contributed by atoms with Gasteiger partial charge in [-0.25, -0.2) is 4.39 Å². The molecule has 0 radical (unpaired) electrons. The standard InChI is InChI=1S/C22H25FN2O/c1-25(2)20-11-5-17(6-12-20)16-24-14-13-21(22-4-3-15-26-22)18-7-9-19(23)10-8-18/h3-12,15,21,24H,13-14,16H2,1-2H3/t21-/m0/s1. The molecule has 26 heavy (non-hydrogen) atoms. The highest BCUT2D eigenvalue weighted by Crippen LogP contribution is 2.28. The van der Waals surface area contributed by atoms with Gasteiger partial charge in [-0.3, -0.25) is 0 Å². The number of benzene rings is 2. The van der Waals surface area contributed by atoms with Crippen LogP contribution in [0.3, 0.4) is 0 Å². The fourth-order valence-corrected chi connectivity index (χ4v) is 3.05. The van der Waals surface area contributed by atoms with Crippen molar-refractivity contribution in [2.75, 3.05) is 25.5 Å². The Morgan fingerprint density at radius 2 is 1.73 bits per heavy atom. The van der Waals surface area contributed by atoms with Gasteiger partial charge < -0.3 is 14.6 Å². The van der Waals surface area contributed by atoms with E-state index in [0.29, 0.717) is 0 Å². The number of halogens is 1. The van der Waals surface area contributed by atoms with Gasteiger partial charge in [0.1, 0.15) is 11.6 Å². The van der Waals surface area contributed by atoms with Crippen molar-refractivity contribution >= 4 is 5.69 Å². The second-order valence-corrected chi connectivity index (χ2v) is 6.65. The maximum Gasteiger partial charge on any atom is 0.123 e. The molecule has 1 heterocycles. The highest BCUT2D eigenvalue weighted by Gasteiger charge is 2.16. The van der Waals surface area contributed by atoms with Gasteiger partial charge in [-0.15, -0.1) is 0 Å². The quantitative estimate of drug-likeness (QED) is 0.591. The molecule has 0 saturated carbocycles. The third kappa shape index (κ3) is 4.73. The average molecular weight is 352 g/mol. The lowest BCUT2D eigenvalue weighted by Gasteiger charge is -2.16. The SMILES string of the molecule is CN(C)c1ccc(CNCC[C@@H](c2ccc(F)cc2)c2ccco2)cc1. The summed E-state index contributed by atoms with van der Waals surface area (Å²) in [4.78, 5) is 2.09. The van der Waals surface area contributed by atoms with Crippen LogP contribution in [0.2, 0.25) is 0 Å². The lowest BCUT2D eigenvalue weighted by molar-refractivity contribution is 0.466. The van der Waals surface area contributed by atoms with Crippen LogP contribution in [0.1, 0.15) is 29.2 Å². The Labute approximate surface area is 154 Å². The van der Waals surface area contributed by atoms with Crippen LogP contribution in [0.25, 0.3) is 0 Å². The molecule has 0 spiro atoms. The zero-order chi connectivity index (χ0) is 18.4. The van der Waals surface area contributed by atoms with Gasteiger partial charge in [-0.05, 0) is 60.5 Å². The molecule has 2 aromatic carbocycles. The molecule has 0 aliphatic heterocycles. The molecule has 0 bridgehead atoms. The molecule has 1 aromatic heterocycles. The normalized spacial score (nSPS) is 12.1. The highest BCUT2D eigenvalue weighted by molar-refractivity contribution is 5.45. The first kappa shape index (κ1) is 18.2. The largest absolute Gasteiger partial charge is 0.469 e. The van der Waals surface area contributed by atoms with Gasteiger partial charge in [0, 0.05) is 32.2 Å². The summed E-state index contributed by atoms with van der Waals surface area (Å²) in [6.07, 6.45) is 2.57. The van der Waals surface area contributed by atoms with Crippen molar-refractivity contribution in [3.63, 3.8) is 0 Å². The van der Waals surface area contributed by atoms with Gasteiger partial charge in [0.2, 0.25) is 0 Å². The fraction of sp³-hybridized carbons (Fsp3) is 0.273. The van der Waals surface area contributed by atoms with Gasteiger partial charge in [0.05, 0.1) is 6.26 Å². The minimum atomic E-state index is -0.216. The number of hydrogen-bond donors (Lipinski definition) is 1. The molecular weight excluding hydrogens is 327 g/mol. The molecule has 0 fully saturated rings. The minimum absolute atomic E-state index is 0.120. The van der Waals surface area contributed by atoms with Crippen molar-refractivity contribution in [3.05, 3.63) is 89.6 Å². The van der Waals surface area contributed by atoms with Gasteiger partial charge in [0.15, 0.2) is 0 Å². The summed E-state index contributed by atoms with van der Waals surface area (Å²) in [7, 11) is 4.08. The van der Waals surface area contributed by atoms with Crippen molar-refractivity contribution in [1.29, 1.82) is 0 Å². The van der Waals surface area contributed by atoms with E-state index in [4.69, 9.17) is 4.42 Å². The number of nitrogens with zero attached hydrogens (tertiary/aromatic N) is 1. The van der Waals surface area contributed by atoms with Crippen LogP contribution in [0.5, 0.6) is 0 Å². The Bertz CT molecular complexity index is 780. The predicted molar refractivity (Wildman–Crippen MR) is 104 cm³/mol. The lowest BCUT2D eigenvalue weighted by atomic mass is 9.93. The Balaban J connectivity index is 1.57. The molecule has 0 amide bonds. The van der Waals surface area contributed by atoms with Gasteiger partial charge in [0.25, 0.3) is 0 Å². The first-order valence-electron chi connectivity index (χ1n) is 8.89. The Hall–Kier alpha value is -2.59. The summed E-state index contributed by atoms with van der Waals surface area (Å²) >= 11 is 0. The van der Waals surface area contributed by atoms with Crippen molar-refractivity contribution in [2.45, 2.75) is 18.9 Å². The molecule has 0 unspecified atom stereocenters. The van der Waals surface area contributed by atoms with Crippen molar-refractivity contribution in [3.8, 4) is 0 Å². The molecule has 0 aliphatic carbocycles. The van der Waals surface area contributed by atoms with Crippen LogP contribution in [0.4, 0.5) is 10.1 Å². The summed E-state index contributed by atoms with van der Waals surface area (Å²) in [6, 6.07) is 19.1. The van der Waals surface area contributed by atoms with Crippen LogP contribution in [-0.4, -0.2) is 20.6 Å². The van der Waals surface area contributed by atoms with Crippen LogP contribution in [-0.2, 0) is 6.54 Å². The number of rotatable bonds is 8. The van der Waals surface area contributed by atoms with Crippen LogP contribution < -0.4 is 10.2 Å². The van der Waals surface area contributed by atoms with E-state index in [2.05, 4.69) is 34.5 Å². The molecule has 3 nitrogen and oxygen atoms in total. The summed E-state index contributed by atoms with van der Waals surface area (Å²) in [6.45, 7) is 1.67. The monoisotopic (exact) mass is 352 g/mol. The maximum absolute atomic E-state index is 13.2. The van der Waals surface area contributed by atoms with E-state index < -0.39 is 0 Å². The van der Waals surface area contributed by atoms with Gasteiger partial charge in [-0.1, -0.05) is 24.3 Å². The Kier molecular flexibility index (Phi) is 6.08. The van der Waals surface area contributed by atoms with Gasteiger partial charge >= 0.3 is 0 Å². The van der Waals surface area contributed by atoms with Crippen molar-refractivity contribution in [1.82, 2.24) is 5.32 Å². The van der Waals surface area contributed by atoms with E-state index >= 15 is 0 Å². The van der Waals surface area contributed by atoms with Crippen LogP contribution in [0.15, 0.2) is 71.3 Å². The molecule has 3 aromatic rings. The molecular formula is C22H25FN2O. The van der Waals surface area contributed by atoms with E-state index in [9.17, 15) is 4.39 Å². The maximum atomic E-state index is 13.2. The fourth-order valence-electron chi connectivity index (χ4n) is 3.05. The average Bonchev–Trinajstić information content (AvgIpc) is 3.17. The second kappa shape index (κ2) is 8.68. The first-order valence-corrected chi connectivity index (χ1v) is 8.89.